The van der Waals surface area contributed by atoms with E-state index in [-0.39, 0.29) is 46.3 Å². The number of anilines is 1. The number of carbonyl (C=O) groups excluding carboxylic acids is 2. The summed E-state index contributed by atoms with van der Waals surface area (Å²) in [5.41, 5.74) is 4.22. The molecule has 2 amide bonds. The van der Waals surface area contributed by atoms with Crippen molar-refractivity contribution in [3.8, 4) is 17.0 Å². The largest absolute Gasteiger partial charge is 0.496 e. The fourth-order valence-corrected chi connectivity index (χ4v) is 9.07. The molecule has 3 heterocycles. The molecule has 3 aromatic rings. The summed E-state index contributed by atoms with van der Waals surface area (Å²) in [6.07, 6.45) is 13.8. The third-order valence-corrected chi connectivity index (χ3v) is 12.5. The van der Waals surface area contributed by atoms with E-state index >= 15 is 0 Å². The van der Waals surface area contributed by atoms with Gasteiger partial charge in [-0.2, -0.15) is 0 Å². The zero-order chi connectivity index (χ0) is 36.5. The fourth-order valence-electron chi connectivity index (χ4n) is 9.07. The van der Waals surface area contributed by atoms with E-state index in [9.17, 15) is 9.59 Å². The van der Waals surface area contributed by atoms with Crippen LogP contribution in [0.5, 0.6) is 5.75 Å². The minimum Gasteiger partial charge on any atom is -0.496 e. The number of nitrogens with one attached hydrogen (secondary N) is 1. The highest BCUT2D eigenvalue weighted by atomic mass is 16.6. The number of alkyl carbamates (subject to hydrolysis) is 1. The van der Waals surface area contributed by atoms with Gasteiger partial charge in [-0.15, -0.1) is 0 Å². The van der Waals surface area contributed by atoms with Crippen molar-refractivity contribution in [2.24, 2.45) is 11.3 Å². The number of nitrogens with zero attached hydrogens (tertiary/aromatic N) is 3. The molecule has 8 rings (SSSR count). The van der Waals surface area contributed by atoms with Gasteiger partial charge >= 0.3 is 6.09 Å². The Morgan fingerprint density at radius 3 is 2.31 bits per heavy atom. The van der Waals surface area contributed by atoms with E-state index in [2.05, 4.69) is 51.2 Å². The summed E-state index contributed by atoms with van der Waals surface area (Å²) < 4.78 is 22.7. The maximum atomic E-state index is 14.7. The smallest absolute Gasteiger partial charge is 0.407 e. The standard InChI is InChI=1S/C42H56N4O6/c1-28-24-31(8-11-35(28)49-5)42-18-15-41(16-19-42,17-20-42)27-46(36-25-30(12-21-43-36)34-26-51-38(45-34)40(2,3)4)37(47)29-6-9-33(10-7-29)52-39(48)44-32-13-22-50-23-14-32/h8,11-12,21,24-26,29,32-33H,6-7,9-10,13-20,22-23,27H2,1-5H3,(H,44,48). The van der Waals surface area contributed by atoms with Crippen LogP contribution in [0.25, 0.3) is 11.3 Å². The Labute approximate surface area is 308 Å². The summed E-state index contributed by atoms with van der Waals surface area (Å²) in [6.45, 7) is 10.3. The third kappa shape index (κ3) is 7.73. The molecule has 2 bridgehead atoms. The van der Waals surface area contributed by atoms with Gasteiger partial charge in [-0.3, -0.25) is 9.69 Å². The number of ether oxygens (including phenoxy) is 3. The van der Waals surface area contributed by atoms with Crippen molar-refractivity contribution in [2.45, 2.75) is 128 Å². The predicted molar refractivity (Wildman–Crippen MR) is 200 cm³/mol. The minimum atomic E-state index is -0.360. The Hall–Kier alpha value is -3.92. The van der Waals surface area contributed by atoms with Crippen molar-refractivity contribution in [3.05, 3.63) is 59.8 Å². The summed E-state index contributed by atoms with van der Waals surface area (Å²) >= 11 is 0. The Morgan fingerprint density at radius 1 is 0.962 bits per heavy atom. The van der Waals surface area contributed by atoms with Gasteiger partial charge in [0.1, 0.15) is 29.6 Å². The normalized spacial score (nSPS) is 26.5. The molecular formula is C42H56N4O6. The number of pyridine rings is 1. The summed E-state index contributed by atoms with van der Waals surface area (Å²) in [5, 5.41) is 3.01. The van der Waals surface area contributed by atoms with Crippen LogP contribution in [0.1, 0.15) is 115 Å². The first-order valence-corrected chi connectivity index (χ1v) is 19.4. The number of aromatic nitrogens is 2. The third-order valence-electron chi connectivity index (χ3n) is 12.5. The second kappa shape index (κ2) is 14.8. The molecular weight excluding hydrogens is 656 g/mol. The van der Waals surface area contributed by atoms with Crippen LogP contribution in [-0.4, -0.2) is 61.0 Å². The van der Waals surface area contributed by atoms with Gasteiger partial charge in [0.05, 0.1) is 7.11 Å². The van der Waals surface area contributed by atoms with Crippen molar-refractivity contribution in [1.29, 1.82) is 0 Å². The Morgan fingerprint density at radius 2 is 1.67 bits per heavy atom. The zero-order valence-electron chi connectivity index (χ0n) is 31.7. The topological polar surface area (TPSA) is 116 Å². The van der Waals surface area contributed by atoms with Gasteiger partial charge in [-0.05, 0) is 124 Å². The van der Waals surface area contributed by atoms with E-state index in [4.69, 9.17) is 28.6 Å². The molecule has 10 nitrogen and oxygen atoms in total. The average Bonchev–Trinajstić information content (AvgIpc) is 3.67. The molecule has 4 aliphatic carbocycles. The summed E-state index contributed by atoms with van der Waals surface area (Å²) in [6, 6.07) is 10.7. The molecule has 0 atom stereocenters. The lowest BCUT2D eigenvalue weighted by molar-refractivity contribution is -0.124. The van der Waals surface area contributed by atoms with Gasteiger partial charge in [-0.1, -0.05) is 32.9 Å². The van der Waals surface area contributed by atoms with E-state index in [1.54, 1.807) is 19.6 Å². The Kier molecular flexibility index (Phi) is 10.4. The first-order valence-electron chi connectivity index (χ1n) is 19.4. The molecule has 5 fully saturated rings. The lowest BCUT2D eigenvalue weighted by atomic mass is 9.51. The molecule has 1 aliphatic heterocycles. The summed E-state index contributed by atoms with van der Waals surface area (Å²) in [7, 11) is 1.73. The van der Waals surface area contributed by atoms with Crippen LogP contribution in [0.2, 0.25) is 0 Å². The van der Waals surface area contributed by atoms with Gasteiger partial charge in [0.2, 0.25) is 5.91 Å². The van der Waals surface area contributed by atoms with Crippen molar-refractivity contribution < 1.29 is 28.2 Å². The summed E-state index contributed by atoms with van der Waals surface area (Å²) in [5.74, 6) is 2.23. The number of benzene rings is 1. The van der Waals surface area contributed by atoms with Gasteiger partial charge < -0.3 is 23.9 Å². The monoisotopic (exact) mass is 712 g/mol. The molecule has 280 valence electrons. The average molecular weight is 713 g/mol. The van der Waals surface area contributed by atoms with E-state index in [1.165, 1.54) is 11.1 Å². The van der Waals surface area contributed by atoms with Crippen LogP contribution in [0.15, 0.2) is 47.2 Å². The molecule has 0 radical (unpaired) electrons. The molecule has 5 aliphatic rings. The lowest BCUT2D eigenvalue weighted by Gasteiger charge is -2.55. The summed E-state index contributed by atoms with van der Waals surface area (Å²) in [4.78, 5) is 39.0. The van der Waals surface area contributed by atoms with Crippen molar-refractivity contribution in [1.82, 2.24) is 15.3 Å². The maximum absolute atomic E-state index is 14.7. The number of carbonyl (C=O) groups is 2. The van der Waals surface area contributed by atoms with Crippen molar-refractivity contribution >= 4 is 17.8 Å². The highest BCUT2D eigenvalue weighted by Crippen LogP contribution is 2.58. The number of methoxy groups -OCH3 is 1. The Bertz CT molecular complexity index is 1710. The predicted octanol–water partition coefficient (Wildman–Crippen LogP) is 8.44. The molecule has 1 N–H and O–H groups in total. The molecule has 4 saturated carbocycles. The van der Waals surface area contributed by atoms with E-state index in [0.29, 0.717) is 57.2 Å². The number of hydrogen-bond donors (Lipinski definition) is 1. The van der Waals surface area contributed by atoms with E-state index < -0.39 is 0 Å². The number of oxazole rings is 1. The van der Waals surface area contributed by atoms with Crippen LogP contribution in [0.3, 0.4) is 0 Å². The van der Waals surface area contributed by atoms with Crippen LogP contribution in [0.4, 0.5) is 10.6 Å². The number of amides is 2. The van der Waals surface area contributed by atoms with Crippen molar-refractivity contribution in [3.63, 3.8) is 0 Å². The molecule has 2 aromatic heterocycles. The first-order chi connectivity index (χ1) is 25.0. The minimum absolute atomic E-state index is 0.0342. The highest BCUT2D eigenvalue weighted by Gasteiger charge is 2.51. The number of fused-ring (bicyclic) bond motifs is 3. The molecule has 52 heavy (non-hydrogen) atoms. The lowest BCUT2D eigenvalue weighted by Crippen LogP contribution is -2.52. The molecule has 0 unspecified atom stereocenters. The number of rotatable bonds is 9. The van der Waals surface area contributed by atoms with Gasteiger partial charge in [0, 0.05) is 48.9 Å². The Balaban J connectivity index is 1.08. The molecule has 1 aromatic carbocycles. The molecule has 10 heteroatoms. The number of aryl methyl sites for hydroxylation is 1. The molecule has 1 saturated heterocycles. The molecule has 0 spiro atoms. The maximum Gasteiger partial charge on any atom is 0.407 e. The highest BCUT2D eigenvalue weighted by molar-refractivity contribution is 5.95. The van der Waals surface area contributed by atoms with Crippen LogP contribution < -0.4 is 15.0 Å². The number of hydrogen-bond acceptors (Lipinski definition) is 8. The van der Waals surface area contributed by atoms with Gasteiger partial charge in [0.25, 0.3) is 0 Å². The zero-order valence-corrected chi connectivity index (χ0v) is 31.7. The van der Waals surface area contributed by atoms with Crippen LogP contribution in [-0.2, 0) is 25.1 Å². The quantitative estimate of drug-likeness (QED) is 0.235. The van der Waals surface area contributed by atoms with Crippen molar-refractivity contribution in [2.75, 3.05) is 31.8 Å². The second-order valence-electron chi connectivity index (χ2n) is 17.0. The SMILES string of the molecule is COc1ccc(C23CCC(CN(C(=O)C4CCC(OC(=O)NC5CCOCC5)CC4)c4cc(-c5coc(C(C)(C)C)n5)ccn4)(CC2)CC3)cc1C. The van der Waals surface area contributed by atoms with Crippen LogP contribution >= 0.6 is 0 Å². The van der Waals surface area contributed by atoms with Gasteiger partial charge in [-0.25, -0.2) is 14.8 Å². The second-order valence-corrected chi connectivity index (χ2v) is 17.0. The fraction of sp³-hybridized carbons (Fsp3) is 0.619. The van der Waals surface area contributed by atoms with E-state index in [1.807, 2.05) is 17.0 Å². The van der Waals surface area contributed by atoms with Gasteiger partial charge in [0.15, 0.2) is 5.89 Å². The van der Waals surface area contributed by atoms with E-state index in [0.717, 1.165) is 68.4 Å². The first kappa shape index (κ1) is 36.4. The van der Waals surface area contributed by atoms with Crippen LogP contribution in [0, 0.1) is 18.3 Å².